The van der Waals surface area contributed by atoms with Crippen molar-refractivity contribution in [3.63, 3.8) is 0 Å². The van der Waals surface area contributed by atoms with Gasteiger partial charge in [-0.25, -0.2) is 0 Å². The van der Waals surface area contributed by atoms with E-state index in [-0.39, 0.29) is 0 Å². The van der Waals surface area contributed by atoms with Crippen molar-refractivity contribution >= 4 is 39.0 Å². The van der Waals surface area contributed by atoms with Crippen molar-refractivity contribution in [1.29, 1.82) is 0 Å². The third kappa shape index (κ3) is 6.24. The summed E-state index contributed by atoms with van der Waals surface area (Å²) in [5.41, 5.74) is 16.8. The fourth-order valence-electron chi connectivity index (χ4n) is 7.88. The van der Waals surface area contributed by atoms with E-state index in [1.54, 1.807) is 0 Å². The molecular weight excluding hydrogens is 679 g/mol. The maximum atomic E-state index is 6.65. The molecule has 10 aromatic rings. The highest BCUT2D eigenvalue weighted by Crippen LogP contribution is 2.44. The number of fused-ring (bicyclic) bond motifs is 3. The smallest absolute Gasteiger partial charge is 0.143 e. The van der Waals surface area contributed by atoms with Gasteiger partial charge in [0.15, 0.2) is 0 Å². The van der Waals surface area contributed by atoms with Crippen LogP contribution in [0.2, 0.25) is 0 Å². The number of hydrogen-bond acceptors (Lipinski definition) is 2. The van der Waals surface area contributed by atoms with E-state index in [9.17, 15) is 0 Å². The zero-order valence-corrected chi connectivity index (χ0v) is 30.7. The van der Waals surface area contributed by atoms with E-state index in [1.165, 1.54) is 33.4 Å². The maximum absolute atomic E-state index is 6.65. The Bertz CT molecular complexity index is 2900. The molecule has 0 atom stereocenters. The highest BCUT2D eigenvalue weighted by molar-refractivity contribution is 6.12. The van der Waals surface area contributed by atoms with Crippen LogP contribution in [0.3, 0.4) is 0 Å². The summed E-state index contributed by atoms with van der Waals surface area (Å²) < 4.78 is 6.65. The number of rotatable bonds is 8. The first-order valence-corrected chi connectivity index (χ1v) is 19.1. The van der Waals surface area contributed by atoms with Crippen molar-refractivity contribution in [2.75, 3.05) is 4.90 Å². The first-order chi connectivity index (χ1) is 27.8. The minimum atomic E-state index is 0.894. The second-order valence-electron chi connectivity index (χ2n) is 14.1. The predicted molar refractivity (Wildman–Crippen MR) is 236 cm³/mol. The van der Waals surface area contributed by atoms with Crippen molar-refractivity contribution in [3.05, 3.63) is 224 Å². The Balaban J connectivity index is 1.02. The number of anilines is 3. The fourth-order valence-corrected chi connectivity index (χ4v) is 7.88. The van der Waals surface area contributed by atoms with Crippen LogP contribution in [0.5, 0.6) is 0 Å². The van der Waals surface area contributed by atoms with Gasteiger partial charge in [-0.05, 0) is 98.6 Å². The van der Waals surface area contributed by atoms with Gasteiger partial charge in [0.25, 0.3) is 0 Å². The van der Waals surface area contributed by atoms with Crippen LogP contribution < -0.4 is 4.90 Å². The van der Waals surface area contributed by atoms with E-state index in [4.69, 9.17) is 4.42 Å². The summed E-state index contributed by atoms with van der Waals surface area (Å²) in [6, 6.07) is 79.9. The second kappa shape index (κ2) is 14.4. The van der Waals surface area contributed by atoms with Gasteiger partial charge >= 0.3 is 0 Å². The van der Waals surface area contributed by atoms with E-state index in [0.717, 1.165) is 61.3 Å². The quantitative estimate of drug-likeness (QED) is 0.156. The number of benzene rings is 9. The molecule has 264 valence electrons. The van der Waals surface area contributed by atoms with Gasteiger partial charge in [0.05, 0.1) is 0 Å². The molecule has 1 aromatic heterocycles. The van der Waals surface area contributed by atoms with Crippen LogP contribution in [-0.4, -0.2) is 0 Å². The van der Waals surface area contributed by atoms with E-state index < -0.39 is 0 Å². The van der Waals surface area contributed by atoms with Gasteiger partial charge in [0, 0.05) is 33.4 Å². The predicted octanol–water partition coefficient (Wildman–Crippen LogP) is 15.4. The van der Waals surface area contributed by atoms with E-state index >= 15 is 0 Å². The molecule has 56 heavy (non-hydrogen) atoms. The number of nitrogens with zero attached hydrogens (tertiary/aromatic N) is 1. The summed E-state index contributed by atoms with van der Waals surface area (Å²) in [6.07, 6.45) is 0. The molecular formula is C54H37NO. The van der Waals surface area contributed by atoms with Crippen LogP contribution in [0.1, 0.15) is 0 Å². The summed E-state index contributed by atoms with van der Waals surface area (Å²) in [6.45, 7) is 0. The molecule has 0 spiro atoms. The minimum Gasteiger partial charge on any atom is -0.455 e. The SMILES string of the molecule is c1ccc(-c2ccc(-c3ccc(N(c4ccccc4)c4ccc(-c5ccc6c(oc7ccccc76)c5-c5ccc(-c6ccccc6)cc5)cc4)cc3)cc2)cc1. The molecule has 0 N–H and O–H groups in total. The molecule has 0 fully saturated rings. The Morgan fingerprint density at radius 3 is 1.20 bits per heavy atom. The molecule has 1 heterocycles. The zero-order valence-electron chi connectivity index (χ0n) is 30.7. The molecule has 0 aliphatic heterocycles. The van der Waals surface area contributed by atoms with Crippen LogP contribution in [-0.2, 0) is 0 Å². The lowest BCUT2D eigenvalue weighted by molar-refractivity contribution is 0.670. The molecule has 0 saturated heterocycles. The monoisotopic (exact) mass is 715 g/mol. The summed E-state index contributed by atoms with van der Waals surface area (Å²) in [5.74, 6) is 0. The zero-order chi connectivity index (χ0) is 37.3. The Labute approximate surface area is 327 Å². The summed E-state index contributed by atoms with van der Waals surface area (Å²) in [7, 11) is 0. The Kier molecular flexibility index (Phi) is 8.55. The Hall–Kier alpha value is -7.42. The van der Waals surface area contributed by atoms with Crippen LogP contribution in [0.4, 0.5) is 17.1 Å². The topological polar surface area (TPSA) is 16.4 Å². The first-order valence-electron chi connectivity index (χ1n) is 19.1. The van der Waals surface area contributed by atoms with Gasteiger partial charge in [-0.15, -0.1) is 0 Å². The van der Waals surface area contributed by atoms with Crippen LogP contribution in [0.25, 0.3) is 77.6 Å². The van der Waals surface area contributed by atoms with Gasteiger partial charge in [-0.2, -0.15) is 0 Å². The van der Waals surface area contributed by atoms with Crippen molar-refractivity contribution < 1.29 is 4.42 Å². The van der Waals surface area contributed by atoms with Crippen LogP contribution in [0.15, 0.2) is 229 Å². The molecule has 0 amide bonds. The van der Waals surface area contributed by atoms with E-state index in [1.807, 2.05) is 6.07 Å². The molecule has 2 nitrogen and oxygen atoms in total. The molecule has 2 heteroatoms. The standard InChI is InChI=1S/C54H37NO/c1-4-12-38(13-5-1)40-20-22-42(23-21-40)43-28-32-47(33-29-43)55(46-16-8-3-9-17-46)48-34-30-44(31-35-48)49-36-37-51-50-18-10-11-19-52(50)56-54(51)53(49)45-26-24-41(25-27-45)39-14-6-2-7-15-39/h1-37H. The first kappa shape index (κ1) is 33.2. The number of para-hydroxylation sites is 2. The van der Waals surface area contributed by atoms with Crippen LogP contribution in [0, 0.1) is 0 Å². The Morgan fingerprint density at radius 2 is 0.661 bits per heavy atom. The normalized spacial score (nSPS) is 11.2. The van der Waals surface area contributed by atoms with E-state index in [0.29, 0.717) is 0 Å². The third-order valence-electron chi connectivity index (χ3n) is 10.7. The lowest BCUT2D eigenvalue weighted by atomic mass is 9.91. The Morgan fingerprint density at radius 1 is 0.268 bits per heavy atom. The van der Waals surface area contributed by atoms with Crippen molar-refractivity contribution in [2.24, 2.45) is 0 Å². The van der Waals surface area contributed by atoms with Gasteiger partial charge < -0.3 is 9.32 Å². The summed E-state index contributed by atoms with van der Waals surface area (Å²) in [4.78, 5) is 2.32. The van der Waals surface area contributed by atoms with Crippen molar-refractivity contribution in [1.82, 2.24) is 0 Å². The maximum Gasteiger partial charge on any atom is 0.143 e. The van der Waals surface area contributed by atoms with Gasteiger partial charge in [0.2, 0.25) is 0 Å². The summed E-state index contributed by atoms with van der Waals surface area (Å²) >= 11 is 0. The molecule has 0 saturated carbocycles. The molecule has 0 aliphatic rings. The molecule has 0 unspecified atom stereocenters. The highest BCUT2D eigenvalue weighted by atomic mass is 16.3. The average Bonchev–Trinajstić information content (AvgIpc) is 3.67. The van der Waals surface area contributed by atoms with Crippen molar-refractivity contribution in [2.45, 2.75) is 0 Å². The molecule has 0 aliphatic carbocycles. The molecule has 0 radical (unpaired) electrons. The highest BCUT2D eigenvalue weighted by Gasteiger charge is 2.19. The van der Waals surface area contributed by atoms with Gasteiger partial charge in [-0.1, -0.05) is 176 Å². The average molecular weight is 716 g/mol. The second-order valence-corrected chi connectivity index (χ2v) is 14.1. The summed E-state index contributed by atoms with van der Waals surface area (Å²) in [5, 5.41) is 2.24. The van der Waals surface area contributed by atoms with E-state index in [2.05, 4.69) is 223 Å². The fraction of sp³-hybridized carbons (Fsp3) is 0. The van der Waals surface area contributed by atoms with Gasteiger partial charge in [-0.3, -0.25) is 0 Å². The number of furan rings is 1. The minimum absolute atomic E-state index is 0.894. The van der Waals surface area contributed by atoms with Crippen molar-refractivity contribution in [3.8, 4) is 55.6 Å². The van der Waals surface area contributed by atoms with Gasteiger partial charge in [0.1, 0.15) is 11.2 Å². The third-order valence-corrected chi connectivity index (χ3v) is 10.7. The lowest BCUT2D eigenvalue weighted by Crippen LogP contribution is -2.09. The lowest BCUT2D eigenvalue weighted by Gasteiger charge is -2.26. The largest absolute Gasteiger partial charge is 0.455 e. The molecule has 9 aromatic carbocycles. The van der Waals surface area contributed by atoms with Crippen LogP contribution >= 0.6 is 0 Å². The molecule has 0 bridgehead atoms. The molecule has 10 rings (SSSR count). The number of hydrogen-bond donors (Lipinski definition) is 0.